The highest BCUT2D eigenvalue weighted by Crippen LogP contribution is 2.34. The molecule has 5 rings (SSSR count). The first-order valence-corrected chi connectivity index (χ1v) is 11.8. The van der Waals surface area contributed by atoms with Gasteiger partial charge in [-0.2, -0.15) is 0 Å². The third-order valence-electron chi connectivity index (χ3n) is 5.82. The number of hydrogen-bond acceptors (Lipinski definition) is 3. The first kappa shape index (κ1) is 20.6. The number of likely N-dealkylation sites (N-methyl/N-ethyl adjacent to an activating group) is 1. The van der Waals surface area contributed by atoms with Gasteiger partial charge >= 0.3 is 0 Å². The minimum absolute atomic E-state index is 0.0376. The number of aliphatic imine (C=N–C) groups is 1. The number of nitrogens with zero attached hydrogens (tertiary/aromatic N) is 3. The zero-order valence-electron chi connectivity index (χ0n) is 18.3. The summed E-state index contributed by atoms with van der Waals surface area (Å²) in [4.78, 5) is 20.0. The summed E-state index contributed by atoms with van der Waals surface area (Å²) in [6.45, 7) is 6.06. The summed E-state index contributed by atoms with van der Waals surface area (Å²) in [5.41, 5.74) is 3.51. The second-order valence-corrected chi connectivity index (χ2v) is 8.79. The third kappa shape index (κ3) is 3.63. The van der Waals surface area contributed by atoms with Crippen molar-refractivity contribution in [1.82, 2.24) is 9.47 Å². The van der Waals surface area contributed by atoms with Crippen molar-refractivity contribution in [3.8, 4) is 0 Å². The molecular formula is C27H25N3OS. The predicted molar refractivity (Wildman–Crippen MR) is 136 cm³/mol. The van der Waals surface area contributed by atoms with Crippen LogP contribution in [0.5, 0.6) is 0 Å². The molecule has 1 fully saturated rings. The normalized spacial score (nSPS) is 16.8. The monoisotopic (exact) mass is 439 g/mol. The quantitative estimate of drug-likeness (QED) is 0.350. The summed E-state index contributed by atoms with van der Waals surface area (Å²) in [6, 6.07) is 23.4. The summed E-state index contributed by atoms with van der Waals surface area (Å²) in [5, 5.41) is 4.47. The van der Waals surface area contributed by atoms with Gasteiger partial charge in [-0.15, -0.1) is 0 Å². The highest BCUT2D eigenvalue weighted by atomic mass is 32.2. The number of amidine groups is 1. The van der Waals surface area contributed by atoms with E-state index < -0.39 is 0 Å². The van der Waals surface area contributed by atoms with Gasteiger partial charge in [0.25, 0.3) is 5.91 Å². The standard InChI is InChI=1S/C27H25N3OS/c1-3-28-27-30(4-2)26(31)25(32-27)16-21-18-29(24-15-8-7-14-23(21)24)17-20-12-9-11-19-10-5-6-13-22(19)20/h5-16,18H,3-4,17H2,1-2H3. The second kappa shape index (κ2) is 8.67. The van der Waals surface area contributed by atoms with Crippen LogP contribution in [-0.4, -0.2) is 33.6 Å². The first-order chi connectivity index (χ1) is 15.7. The van der Waals surface area contributed by atoms with Crippen molar-refractivity contribution in [1.29, 1.82) is 0 Å². The number of fused-ring (bicyclic) bond motifs is 2. The van der Waals surface area contributed by atoms with E-state index in [4.69, 9.17) is 0 Å². The average molecular weight is 440 g/mol. The Labute approximate surface area is 192 Å². The van der Waals surface area contributed by atoms with Gasteiger partial charge in [-0.3, -0.25) is 14.7 Å². The third-order valence-corrected chi connectivity index (χ3v) is 6.87. The van der Waals surface area contributed by atoms with Crippen LogP contribution in [0.1, 0.15) is 25.0 Å². The Morgan fingerprint density at radius 1 is 0.938 bits per heavy atom. The molecule has 0 bridgehead atoms. The number of hydrogen-bond donors (Lipinski definition) is 0. The maximum atomic E-state index is 13.0. The van der Waals surface area contributed by atoms with Gasteiger partial charge in [0.2, 0.25) is 0 Å². The minimum atomic E-state index is 0.0376. The number of aromatic nitrogens is 1. The Hall–Kier alpha value is -3.31. The van der Waals surface area contributed by atoms with Gasteiger partial charge in [-0.1, -0.05) is 60.7 Å². The van der Waals surface area contributed by atoms with Gasteiger partial charge in [0, 0.05) is 42.3 Å². The van der Waals surface area contributed by atoms with E-state index in [-0.39, 0.29) is 5.91 Å². The summed E-state index contributed by atoms with van der Waals surface area (Å²) in [5.74, 6) is 0.0376. The number of para-hydroxylation sites is 1. The number of amides is 1. The molecule has 5 heteroatoms. The molecule has 0 unspecified atom stereocenters. The van der Waals surface area contributed by atoms with Gasteiger partial charge in [0.05, 0.1) is 4.91 Å². The topological polar surface area (TPSA) is 37.6 Å². The predicted octanol–water partition coefficient (Wildman–Crippen LogP) is 6.15. The van der Waals surface area contributed by atoms with Crippen LogP contribution in [0.15, 0.2) is 82.8 Å². The van der Waals surface area contributed by atoms with E-state index in [0.717, 1.165) is 33.1 Å². The van der Waals surface area contributed by atoms with Gasteiger partial charge in [0.1, 0.15) is 0 Å². The molecule has 160 valence electrons. The van der Waals surface area contributed by atoms with Crippen LogP contribution in [0.25, 0.3) is 27.8 Å². The molecule has 0 aliphatic carbocycles. The lowest BCUT2D eigenvalue weighted by Gasteiger charge is -2.11. The Morgan fingerprint density at radius 2 is 1.69 bits per heavy atom. The maximum absolute atomic E-state index is 13.0. The summed E-state index contributed by atoms with van der Waals surface area (Å²) in [6.07, 6.45) is 4.19. The highest BCUT2D eigenvalue weighted by molar-refractivity contribution is 8.18. The smallest absolute Gasteiger partial charge is 0.266 e. The van der Waals surface area contributed by atoms with Crippen LogP contribution >= 0.6 is 11.8 Å². The molecule has 0 saturated carbocycles. The number of carbonyl (C=O) groups excluding carboxylic acids is 1. The molecule has 1 aliphatic heterocycles. The van der Waals surface area contributed by atoms with Crippen molar-refractivity contribution >= 4 is 50.6 Å². The molecule has 4 nitrogen and oxygen atoms in total. The SMILES string of the molecule is CCN=C1SC(=Cc2cn(Cc3cccc4ccccc34)c3ccccc23)C(=O)N1CC. The minimum Gasteiger partial charge on any atom is -0.342 e. The zero-order chi connectivity index (χ0) is 22.1. The lowest BCUT2D eigenvalue weighted by Crippen LogP contribution is -2.28. The van der Waals surface area contributed by atoms with Crippen LogP contribution in [0.4, 0.5) is 0 Å². The van der Waals surface area contributed by atoms with E-state index in [2.05, 4.69) is 82.5 Å². The molecule has 0 N–H and O–H groups in total. The van der Waals surface area contributed by atoms with Crippen molar-refractivity contribution in [3.63, 3.8) is 0 Å². The van der Waals surface area contributed by atoms with Crippen LogP contribution in [-0.2, 0) is 11.3 Å². The molecule has 3 aromatic carbocycles. The van der Waals surface area contributed by atoms with E-state index in [1.165, 1.54) is 28.1 Å². The Balaban J connectivity index is 1.57. The Kier molecular flexibility index (Phi) is 5.58. The molecule has 1 amide bonds. The van der Waals surface area contributed by atoms with Crippen LogP contribution in [0.2, 0.25) is 0 Å². The maximum Gasteiger partial charge on any atom is 0.266 e. The average Bonchev–Trinajstić information content (AvgIpc) is 3.31. The van der Waals surface area contributed by atoms with E-state index >= 15 is 0 Å². The van der Waals surface area contributed by atoms with Crippen molar-refractivity contribution in [2.24, 2.45) is 4.99 Å². The molecule has 1 aromatic heterocycles. The van der Waals surface area contributed by atoms with Crippen molar-refractivity contribution in [2.75, 3.05) is 13.1 Å². The fourth-order valence-electron chi connectivity index (χ4n) is 4.32. The Morgan fingerprint density at radius 3 is 2.50 bits per heavy atom. The summed E-state index contributed by atoms with van der Waals surface area (Å²) >= 11 is 1.47. The van der Waals surface area contributed by atoms with Gasteiger partial charge in [-0.05, 0) is 54.1 Å². The number of rotatable bonds is 5. The lowest BCUT2D eigenvalue weighted by molar-refractivity contribution is -0.122. The number of carbonyl (C=O) groups is 1. The molecule has 32 heavy (non-hydrogen) atoms. The first-order valence-electron chi connectivity index (χ1n) is 11.0. The number of thioether (sulfide) groups is 1. The fourth-order valence-corrected chi connectivity index (χ4v) is 5.41. The molecule has 1 aliphatic rings. The molecule has 0 atom stereocenters. The van der Waals surface area contributed by atoms with E-state index in [9.17, 15) is 4.79 Å². The van der Waals surface area contributed by atoms with Crippen molar-refractivity contribution in [3.05, 3.63) is 89.0 Å². The van der Waals surface area contributed by atoms with Crippen LogP contribution < -0.4 is 0 Å². The van der Waals surface area contributed by atoms with Crippen LogP contribution in [0.3, 0.4) is 0 Å². The molecular weight excluding hydrogens is 414 g/mol. The van der Waals surface area contributed by atoms with Crippen LogP contribution in [0, 0.1) is 0 Å². The van der Waals surface area contributed by atoms with E-state index in [1.54, 1.807) is 4.90 Å². The van der Waals surface area contributed by atoms with Crippen molar-refractivity contribution in [2.45, 2.75) is 20.4 Å². The van der Waals surface area contributed by atoms with Gasteiger partial charge < -0.3 is 4.57 Å². The molecule has 2 heterocycles. The van der Waals surface area contributed by atoms with Gasteiger partial charge in [0.15, 0.2) is 5.17 Å². The molecule has 0 spiro atoms. The molecule has 4 aromatic rings. The number of benzene rings is 3. The second-order valence-electron chi connectivity index (χ2n) is 7.78. The van der Waals surface area contributed by atoms with E-state index in [1.807, 2.05) is 19.9 Å². The zero-order valence-corrected chi connectivity index (χ0v) is 19.1. The largest absolute Gasteiger partial charge is 0.342 e. The van der Waals surface area contributed by atoms with Crippen molar-refractivity contribution < 1.29 is 4.79 Å². The van der Waals surface area contributed by atoms with E-state index in [0.29, 0.717) is 13.1 Å². The Bertz CT molecular complexity index is 1380. The van der Waals surface area contributed by atoms with Gasteiger partial charge in [-0.25, -0.2) is 0 Å². The fraction of sp³-hybridized carbons (Fsp3) is 0.185. The summed E-state index contributed by atoms with van der Waals surface area (Å²) in [7, 11) is 0. The highest BCUT2D eigenvalue weighted by Gasteiger charge is 2.32. The molecule has 1 saturated heterocycles. The molecule has 0 radical (unpaired) electrons. The lowest BCUT2D eigenvalue weighted by atomic mass is 10.0. The summed E-state index contributed by atoms with van der Waals surface area (Å²) < 4.78 is 2.28.